The molecule has 5 heteroatoms. The first kappa shape index (κ1) is 12.7. The third-order valence-corrected chi connectivity index (χ3v) is 2.06. The smallest absolute Gasteiger partial charge is 0.196 e. The molecule has 0 saturated heterocycles. The van der Waals surface area contributed by atoms with Crippen LogP contribution in [0.2, 0.25) is 0 Å². The molecule has 1 atom stereocenters. The van der Waals surface area contributed by atoms with E-state index in [1.54, 1.807) is 13.8 Å². The fourth-order valence-electron chi connectivity index (χ4n) is 0.774. The molecule has 1 unspecified atom stereocenters. The van der Waals surface area contributed by atoms with Crippen molar-refractivity contribution < 1.29 is 22.0 Å². The van der Waals surface area contributed by atoms with E-state index in [9.17, 15) is 22.0 Å². The standard InChI is InChI=1S/C8H13F5/c1-3-6(2)4-5-7(9,10)8(11,12)13/h6H,3-5H2,1-2H3. The van der Waals surface area contributed by atoms with Gasteiger partial charge >= 0.3 is 12.1 Å². The second-order valence-corrected chi connectivity index (χ2v) is 3.25. The van der Waals surface area contributed by atoms with Gasteiger partial charge in [-0.3, -0.25) is 0 Å². The zero-order valence-corrected chi connectivity index (χ0v) is 7.59. The summed E-state index contributed by atoms with van der Waals surface area (Å²) in [4.78, 5) is 0. The molecular weight excluding hydrogens is 191 g/mol. The van der Waals surface area contributed by atoms with Crippen LogP contribution in [0.4, 0.5) is 22.0 Å². The summed E-state index contributed by atoms with van der Waals surface area (Å²) in [6.45, 7) is 3.42. The molecule has 0 rings (SSSR count). The molecule has 0 radical (unpaired) electrons. The monoisotopic (exact) mass is 204 g/mol. The predicted molar refractivity (Wildman–Crippen MR) is 39.7 cm³/mol. The maximum absolute atomic E-state index is 12.3. The third kappa shape index (κ3) is 3.91. The maximum Gasteiger partial charge on any atom is 0.453 e. The number of hydrogen-bond acceptors (Lipinski definition) is 0. The quantitative estimate of drug-likeness (QED) is 0.607. The van der Waals surface area contributed by atoms with E-state index in [4.69, 9.17) is 0 Å². The predicted octanol–water partition coefficient (Wildman–Crippen LogP) is 4.01. The van der Waals surface area contributed by atoms with Gasteiger partial charge < -0.3 is 0 Å². The summed E-state index contributed by atoms with van der Waals surface area (Å²) in [6, 6.07) is 0. The molecule has 0 fully saturated rings. The fraction of sp³-hybridized carbons (Fsp3) is 1.00. The van der Waals surface area contributed by atoms with Crippen molar-refractivity contribution in [1.29, 1.82) is 0 Å². The van der Waals surface area contributed by atoms with Gasteiger partial charge in [-0.2, -0.15) is 22.0 Å². The number of alkyl halides is 5. The highest BCUT2D eigenvalue weighted by Crippen LogP contribution is 2.39. The van der Waals surface area contributed by atoms with Gasteiger partial charge in [0.2, 0.25) is 0 Å². The van der Waals surface area contributed by atoms with Gasteiger partial charge in [0.15, 0.2) is 0 Å². The molecule has 0 aromatic carbocycles. The number of halogens is 5. The molecule has 0 bridgehead atoms. The minimum atomic E-state index is -5.40. The Hall–Kier alpha value is -0.350. The molecule has 0 aromatic heterocycles. The number of hydrogen-bond donors (Lipinski definition) is 0. The second kappa shape index (κ2) is 4.24. The van der Waals surface area contributed by atoms with Crippen molar-refractivity contribution in [2.24, 2.45) is 5.92 Å². The second-order valence-electron chi connectivity index (χ2n) is 3.25. The molecule has 13 heavy (non-hydrogen) atoms. The normalized spacial score (nSPS) is 15.9. The molecular formula is C8H13F5. The van der Waals surface area contributed by atoms with Crippen molar-refractivity contribution in [2.45, 2.75) is 45.2 Å². The zero-order valence-electron chi connectivity index (χ0n) is 7.59. The minimum absolute atomic E-state index is 0.0896. The van der Waals surface area contributed by atoms with Crippen LogP contribution in [0.3, 0.4) is 0 Å². The van der Waals surface area contributed by atoms with Gasteiger partial charge in [-0.25, -0.2) is 0 Å². The molecule has 0 aromatic rings. The molecule has 0 amide bonds. The lowest BCUT2D eigenvalue weighted by Gasteiger charge is -2.20. The summed E-state index contributed by atoms with van der Waals surface area (Å²) in [5.41, 5.74) is 0. The van der Waals surface area contributed by atoms with Crippen molar-refractivity contribution in [2.75, 3.05) is 0 Å². The zero-order chi connectivity index (χ0) is 10.7. The van der Waals surface area contributed by atoms with E-state index in [-0.39, 0.29) is 12.3 Å². The van der Waals surface area contributed by atoms with Crippen LogP contribution in [0.1, 0.15) is 33.1 Å². The highest BCUT2D eigenvalue weighted by molar-refractivity contribution is 4.76. The third-order valence-electron chi connectivity index (χ3n) is 2.06. The lowest BCUT2D eigenvalue weighted by atomic mass is 10.00. The van der Waals surface area contributed by atoms with Crippen LogP contribution in [0, 0.1) is 5.92 Å². The lowest BCUT2D eigenvalue weighted by Crippen LogP contribution is -2.36. The van der Waals surface area contributed by atoms with E-state index in [1.165, 1.54) is 0 Å². The van der Waals surface area contributed by atoms with E-state index >= 15 is 0 Å². The molecule has 0 N–H and O–H groups in total. The first-order valence-electron chi connectivity index (χ1n) is 4.15. The van der Waals surface area contributed by atoms with E-state index in [0.29, 0.717) is 6.42 Å². The van der Waals surface area contributed by atoms with E-state index < -0.39 is 18.5 Å². The molecule has 0 nitrogen and oxygen atoms in total. The Bertz CT molecular complexity index is 149. The van der Waals surface area contributed by atoms with Crippen LogP contribution in [-0.2, 0) is 0 Å². The van der Waals surface area contributed by atoms with Crippen molar-refractivity contribution in [3.8, 4) is 0 Å². The average molecular weight is 204 g/mol. The highest BCUT2D eigenvalue weighted by Gasteiger charge is 2.56. The van der Waals surface area contributed by atoms with Crippen LogP contribution < -0.4 is 0 Å². The summed E-state index contributed by atoms with van der Waals surface area (Å²) < 4.78 is 59.5. The van der Waals surface area contributed by atoms with Crippen LogP contribution in [0.15, 0.2) is 0 Å². The van der Waals surface area contributed by atoms with Gasteiger partial charge in [0.25, 0.3) is 0 Å². The Morgan fingerprint density at radius 2 is 1.54 bits per heavy atom. The van der Waals surface area contributed by atoms with Crippen molar-refractivity contribution in [3.05, 3.63) is 0 Å². The van der Waals surface area contributed by atoms with Crippen LogP contribution in [0.25, 0.3) is 0 Å². The largest absolute Gasteiger partial charge is 0.453 e. The molecule has 0 heterocycles. The molecule has 0 aliphatic heterocycles. The topological polar surface area (TPSA) is 0 Å². The lowest BCUT2D eigenvalue weighted by molar-refractivity contribution is -0.285. The van der Waals surface area contributed by atoms with Gasteiger partial charge in [0.1, 0.15) is 0 Å². The first-order valence-corrected chi connectivity index (χ1v) is 4.15. The Morgan fingerprint density at radius 1 is 1.08 bits per heavy atom. The maximum atomic E-state index is 12.3. The van der Waals surface area contributed by atoms with Crippen molar-refractivity contribution >= 4 is 0 Å². The number of rotatable bonds is 4. The Kier molecular flexibility index (Phi) is 4.13. The molecule has 80 valence electrons. The van der Waals surface area contributed by atoms with Crippen molar-refractivity contribution in [3.63, 3.8) is 0 Å². The highest BCUT2D eigenvalue weighted by atomic mass is 19.4. The Balaban J connectivity index is 4.04. The van der Waals surface area contributed by atoms with Gasteiger partial charge in [-0.1, -0.05) is 20.3 Å². The van der Waals surface area contributed by atoms with Crippen LogP contribution in [0.5, 0.6) is 0 Å². The summed E-state index contributed by atoms with van der Waals surface area (Å²) in [6.07, 6.45) is -5.98. The SMILES string of the molecule is CCC(C)CCC(F)(F)C(F)(F)F. The first-order chi connectivity index (χ1) is 5.70. The summed E-state index contributed by atoms with van der Waals surface area (Å²) in [5.74, 6) is -4.62. The van der Waals surface area contributed by atoms with E-state index in [1.807, 2.05) is 0 Å². The fourth-order valence-corrected chi connectivity index (χ4v) is 0.774. The van der Waals surface area contributed by atoms with E-state index in [0.717, 1.165) is 0 Å². The molecule has 0 aliphatic rings. The summed E-state index contributed by atoms with van der Waals surface area (Å²) >= 11 is 0. The summed E-state index contributed by atoms with van der Waals surface area (Å²) in [5, 5.41) is 0. The van der Waals surface area contributed by atoms with Crippen LogP contribution in [-0.4, -0.2) is 12.1 Å². The Morgan fingerprint density at radius 3 is 1.85 bits per heavy atom. The van der Waals surface area contributed by atoms with Crippen molar-refractivity contribution in [1.82, 2.24) is 0 Å². The van der Waals surface area contributed by atoms with Crippen LogP contribution >= 0.6 is 0 Å². The van der Waals surface area contributed by atoms with Gasteiger partial charge in [0.05, 0.1) is 0 Å². The average Bonchev–Trinajstić information content (AvgIpc) is 1.98. The molecule has 0 aliphatic carbocycles. The van der Waals surface area contributed by atoms with E-state index in [2.05, 4.69) is 0 Å². The molecule has 0 spiro atoms. The minimum Gasteiger partial charge on any atom is -0.196 e. The Labute approximate surface area is 74.1 Å². The van der Waals surface area contributed by atoms with Gasteiger partial charge in [-0.05, 0) is 12.3 Å². The van der Waals surface area contributed by atoms with Gasteiger partial charge in [-0.15, -0.1) is 0 Å². The molecule has 0 saturated carbocycles. The van der Waals surface area contributed by atoms with Gasteiger partial charge in [0, 0.05) is 6.42 Å². The summed E-state index contributed by atoms with van der Waals surface area (Å²) in [7, 11) is 0.